The number of nitrogens with one attached hydrogen (secondary N) is 1. The van der Waals surface area contributed by atoms with Gasteiger partial charge in [0.05, 0.1) is 11.7 Å². The standard InChI is InChI=1S/C14H27NO2/c1-14(2)11-12(7-10-17-14)15-8-3-5-13-6-4-9-16-13/h12-13,15H,3-11H2,1-2H3. The van der Waals surface area contributed by atoms with Gasteiger partial charge in [0.1, 0.15) is 0 Å². The second-order valence-corrected chi connectivity index (χ2v) is 6.03. The van der Waals surface area contributed by atoms with E-state index < -0.39 is 0 Å². The van der Waals surface area contributed by atoms with Crippen molar-refractivity contribution in [1.82, 2.24) is 5.32 Å². The maximum absolute atomic E-state index is 5.72. The second-order valence-electron chi connectivity index (χ2n) is 6.03. The first-order valence-electron chi connectivity index (χ1n) is 7.15. The molecule has 0 aromatic heterocycles. The third-order valence-corrected chi connectivity index (χ3v) is 3.86. The average Bonchev–Trinajstić information content (AvgIpc) is 2.76. The minimum Gasteiger partial charge on any atom is -0.378 e. The van der Waals surface area contributed by atoms with Crippen LogP contribution in [0.25, 0.3) is 0 Å². The van der Waals surface area contributed by atoms with Crippen molar-refractivity contribution in [2.75, 3.05) is 19.8 Å². The molecular weight excluding hydrogens is 214 g/mol. The molecule has 2 heterocycles. The minimum absolute atomic E-state index is 0.0600. The van der Waals surface area contributed by atoms with Crippen LogP contribution in [0.3, 0.4) is 0 Å². The van der Waals surface area contributed by atoms with Crippen LogP contribution in [0.4, 0.5) is 0 Å². The van der Waals surface area contributed by atoms with Gasteiger partial charge in [-0.05, 0) is 58.9 Å². The molecule has 0 spiro atoms. The molecule has 1 N–H and O–H groups in total. The molecule has 0 saturated carbocycles. The molecule has 0 aromatic carbocycles. The van der Waals surface area contributed by atoms with Crippen LogP contribution in [0, 0.1) is 0 Å². The van der Waals surface area contributed by atoms with Crippen molar-refractivity contribution in [1.29, 1.82) is 0 Å². The van der Waals surface area contributed by atoms with Crippen molar-refractivity contribution < 1.29 is 9.47 Å². The van der Waals surface area contributed by atoms with Gasteiger partial charge in [-0.2, -0.15) is 0 Å². The zero-order valence-corrected chi connectivity index (χ0v) is 11.3. The Morgan fingerprint density at radius 3 is 2.82 bits per heavy atom. The molecule has 2 aliphatic rings. The van der Waals surface area contributed by atoms with Gasteiger partial charge in [-0.3, -0.25) is 0 Å². The van der Waals surface area contributed by atoms with Gasteiger partial charge in [0.2, 0.25) is 0 Å². The molecule has 2 aliphatic heterocycles. The van der Waals surface area contributed by atoms with Gasteiger partial charge >= 0.3 is 0 Å². The van der Waals surface area contributed by atoms with E-state index in [1.165, 1.54) is 25.7 Å². The number of rotatable bonds is 5. The summed E-state index contributed by atoms with van der Waals surface area (Å²) >= 11 is 0. The number of ether oxygens (including phenoxy) is 2. The summed E-state index contributed by atoms with van der Waals surface area (Å²) in [7, 11) is 0. The van der Waals surface area contributed by atoms with Crippen molar-refractivity contribution in [2.24, 2.45) is 0 Å². The summed E-state index contributed by atoms with van der Waals surface area (Å²) in [5.74, 6) is 0. The van der Waals surface area contributed by atoms with Crippen molar-refractivity contribution in [2.45, 2.75) is 70.1 Å². The highest BCUT2D eigenvalue weighted by molar-refractivity contribution is 4.82. The molecule has 17 heavy (non-hydrogen) atoms. The highest BCUT2D eigenvalue weighted by Crippen LogP contribution is 2.24. The molecule has 0 amide bonds. The molecule has 2 fully saturated rings. The van der Waals surface area contributed by atoms with E-state index in [1.54, 1.807) is 0 Å². The third-order valence-electron chi connectivity index (χ3n) is 3.86. The Hall–Kier alpha value is -0.120. The minimum atomic E-state index is 0.0600. The van der Waals surface area contributed by atoms with Gasteiger partial charge in [0.15, 0.2) is 0 Å². The van der Waals surface area contributed by atoms with E-state index in [-0.39, 0.29) is 5.60 Å². The monoisotopic (exact) mass is 241 g/mol. The maximum Gasteiger partial charge on any atom is 0.0641 e. The molecule has 2 atom stereocenters. The number of hydrogen-bond donors (Lipinski definition) is 1. The quantitative estimate of drug-likeness (QED) is 0.750. The van der Waals surface area contributed by atoms with E-state index in [2.05, 4.69) is 19.2 Å². The fraction of sp³-hybridized carbons (Fsp3) is 1.00. The van der Waals surface area contributed by atoms with E-state index in [1.807, 2.05) is 0 Å². The first kappa shape index (κ1) is 13.3. The zero-order chi connectivity index (χ0) is 12.1. The van der Waals surface area contributed by atoms with Gasteiger partial charge in [0, 0.05) is 19.3 Å². The Labute approximate surface area is 105 Å². The summed E-state index contributed by atoms with van der Waals surface area (Å²) in [5.41, 5.74) is 0.0600. The topological polar surface area (TPSA) is 30.5 Å². The van der Waals surface area contributed by atoms with Crippen LogP contribution in [0.1, 0.15) is 52.4 Å². The fourth-order valence-corrected chi connectivity index (χ4v) is 2.91. The van der Waals surface area contributed by atoms with Crippen LogP contribution in [-0.4, -0.2) is 37.5 Å². The molecule has 0 radical (unpaired) electrons. The maximum atomic E-state index is 5.72. The smallest absolute Gasteiger partial charge is 0.0641 e. The number of hydrogen-bond acceptors (Lipinski definition) is 3. The Kier molecular flexibility index (Phi) is 4.83. The van der Waals surface area contributed by atoms with Crippen LogP contribution in [0.2, 0.25) is 0 Å². The van der Waals surface area contributed by atoms with Gasteiger partial charge < -0.3 is 14.8 Å². The molecule has 100 valence electrons. The predicted molar refractivity (Wildman–Crippen MR) is 69.3 cm³/mol. The summed E-state index contributed by atoms with van der Waals surface area (Å²) in [6.45, 7) is 7.38. The largest absolute Gasteiger partial charge is 0.378 e. The zero-order valence-electron chi connectivity index (χ0n) is 11.3. The van der Waals surface area contributed by atoms with Crippen LogP contribution in [0.5, 0.6) is 0 Å². The van der Waals surface area contributed by atoms with Crippen molar-refractivity contribution in [3.05, 3.63) is 0 Å². The lowest BCUT2D eigenvalue weighted by atomic mass is 9.94. The first-order valence-corrected chi connectivity index (χ1v) is 7.15. The third kappa shape index (κ3) is 4.57. The first-order chi connectivity index (χ1) is 8.16. The van der Waals surface area contributed by atoms with E-state index in [4.69, 9.17) is 9.47 Å². The van der Waals surface area contributed by atoms with Crippen molar-refractivity contribution in [3.8, 4) is 0 Å². The summed E-state index contributed by atoms with van der Waals surface area (Å²) in [4.78, 5) is 0. The summed E-state index contributed by atoms with van der Waals surface area (Å²) in [5, 5.41) is 3.67. The van der Waals surface area contributed by atoms with Crippen LogP contribution in [0.15, 0.2) is 0 Å². The van der Waals surface area contributed by atoms with Gasteiger partial charge in [-0.15, -0.1) is 0 Å². The van der Waals surface area contributed by atoms with E-state index in [0.29, 0.717) is 12.1 Å². The van der Waals surface area contributed by atoms with Crippen molar-refractivity contribution >= 4 is 0 Å². The van der Waals surface area contributed by atoms with Gasteiger partial charge in [-0.25, -0.2) is 0 Å². The van der Waals surface area contributed by atoms with E-state index in [0.717, 1.165) is 32.6 Å². The predicted octanol–water partition coefficient (Wildman–Crippen LogP) is 2.49. The lowest BCUT2D eigenvalue weighted by Gasteiger charge is -2.36. The molecule has 0 aromatic rings. The molecule has 3 nitrogen and oxygen atoms in total. The Bertz CT molecular complexity index is 224. The lowest BCUT2D eigenvalue weighted by molar-refractivity contribution is -0.0628. The normalized spacial score (nSPS) is 32.8. The highest BCUT2D eigenvalue weighted by atomic mass is 16.5. The molecular formula is C14H27NO2. The van der Waals surface area contributed by atoms with E-state index in [9.17, 15) is 0 Å². The average molecular weight is 241 g/mol. The van der Waals surface area contributed by atoms with Gasteiger partial charge in [-0.1, -0.05) is 0 Å². The van der Waals surface area contributed by atoms with E-state index >= 15 is 0 Å². The van der Waals surface area contributed by atoms with Crippen molar-refractivity contribution in [3.63, 3.8) is 0 Å². The summed E-state index contributed by atoms with van der Waals surface area (Å²) < 4.78 is 11.4. The molecule has 2 saturated heterocycles. The summed E-state index contributed by atoms with van der Waals surface area (Å²) in [6.07, 6.45) is 7.82. The molecule has 0 bridgehead atoms. The lowest BCUT2D eigenvalue weighted by Crippen LogP contribution is -2.44. The Balaban J connectivity index is 1.55. The molecule has 2 unspecified atom stereocenters. The fourth-order valence-electron chi connectivity index (χ4n) is 2.91. The van der Waals surface area contributed by atoms with Crippen LogP contribution >= 0.6 is 0 Å². The summed E-state index contributed by atoms with van der Waals surface area (Å²) in [6, 6.07) is 0.642. The Morgan fingerprint density at radius 1 is 1.24 bits per heavy atom. The SMILES string of the molecule is CC1(C)CC(NCCCC2CCCO2)CCO1. The highest BCUT2D eigenvalue weighted by Gasteiger charge is 2.28. The molecule has 3 heteroatoms. The van der Waals surface area contributed by atoms with Gasteiger partial charge in [0.25, 0.3) is 0 Å². The molecule has 0 aliphatic carbocycles. The Morgan fingerprint density at radius 2 is 2.12 bits per heavy atom. The molecule has 2 rings (SSSR count). The van der Waals surface area contributed by atoms with Crippen LogP contribution < -0.4 is 5.32 Å². The van der Waals surface area contributed by atoms with Crippen LogP contribution in [-0.2, 0) is 9.47 Å². The second kappa shape index (κ2) is 6.17.